The number of thiophene rings is 1. The molecule has 67 heavy (non-hydrogen) atoms. The zero-order chi connectivity index (χ0) is 44.3. The third kappa shape index (κ3) is 6.71. The minimum absolute atomic E-state index is 1.10. The molecule has 0 spiro atoms. The first-order chi connectivity index (χ1) is 33.2. The summed E-state index contributed by atoms with van der Waals surface area (Å²) in [6, 6.07) is 93.0. The van der Waals surface area contributed by atoms with Gasteiger partial charge in [0.15, 0.2) is 0 Å². The maximum absolute atomic E-state index is 2.40. The molecule has 0 aliphatic carbocycles. The van der Waals surface area contributed by atoms with Crippen LogP contribution in [0.25, 0.3) is 103 Å². The summed E-state index contributed by atoms with van der Waals surface area (Å²) in [4.78, 5) is 2.40. The zero-order valence-corrected chi connectivity index (χ0v) is 37.4. The van der Waals surface area contributed by atoms with Gasteiger partial charge in [-0.25, -0.2) is 0 Å². The predicted octanol–water partition coefficient (Wildman–Crippen LogP) is 18.4. The fraction of sp³-hybridized carbons (Fsp3) is 0. The van der Waals surface area contributed by atoms with Gasteiger partial charge in [-0.1, -0.05) is 188 Å². The number of rotatable bonds is 8. The fourth-order valence-electron chi connectivity index (χ4n) is 10.3. The summed E-state index contributed by atoms with van der Waals surface area (Å²) >= 11 is 1.88. The normalized spacial score (nSPS) is 11.6. The van der Waals surface area contributed by atoms with Gasteiger partial charge in [0, 0.05) is 53.7 Å². The first-order valence-corrected chi connectivity index (χ1v) is 23.7. The Bertz CT molecular complexity index is 3880. The Morgan fingerprint density at radius 3 is 1.39 bits per heavy atom. The Labute approximate surface area is 393 Å². The molecular weight excluding hydrogens is 829 g/mol. The maximum atomic E-state index is 2.40. The van der Waals surface area contributed by atoms with E-state index in [-0.39, 0.29) is 0 Å². The average molecular weight is 871 g/mol. The van der Waals surface area contributed by atoms with Crippen molar-refractivity contribution >= 4 is 81.1 Å². The Hall–Kier alpha value is -8.50. The number of aromatic nitrogens is 1. The van der Waals surface area contributed by atoms with Crippen molar-refractivity contribution in [3.05, 3.63) is 255 Å². The zero-order valence-electron chi connectivity index (χ0n) is 36.6. The number of nitrogens with zero attached hydrogens (tertiary/aromatic N) is 2. The lowest BCUT2D eigenvalue weighted by molar-refractivity contribution is 1.18. The van der Waals surface area contributed by atoms with E-state index in [2.05, 4.69) is 264 Å². The number of hydrogen-bond donors (Lipinski definition) is 0. The van der Waals surface area contributed by atoms with Crippen molar-refractivity contribution in [1.82, 2.24) is 4.57 Å². The Kier molecular flexibility index (Phi) is 9.40. The Balaban J connectivity index is 0.906. The summed E-state index contributed by atoms with van der Waals surface area (Å²) in [5.41, 5.74) is 16.6. The summed E-state index contributed by atoms with van der Waals surface area (Å²) in [6.45, 7) is 0. The highest BCUT2D eigenvalue weighted by molar-refractivity contribution is 7.26. The molecule has 0 amide bonds. The first-order valence-electron chi connectivity index (χ1n) is 22.9. The number of hydrogen-bond acceptors (Lipinski definition) is 2. The van der Waals surface area contributed by atoms with Crippen LogP contribution in [0.4, 0.5) is 17.1 Å². The second-order valence-corrected chi connectivity index (χ2v) is 18.3. The van der Waals surface area contributed by atoms with Crippen molar-refractivity contribution in [3.8, 4) is 50.2 Å². The molecule has 0 atom stereocenters. The lowest BCUT2D eigenvalue weighted by Crippen LogP contribution is -2.09. The van der Waals surface area contributed by atoms with Gasteiger partial charge in [-0.05, 0) is 122 Å². The molecule has 13 rings (SSSR count). The average Bonchev–Trinajstić information content (AvgIpc) is 3.95. The standard InChI is InChI=1S/C64H42N2S/c1-3-14-45(15-4-1)53-22-11-18-48-19-12-23-54(63(48)53)47-32-38-50(39-33-47)65(52-40-41-62-59(42-52)58-25-13-24-55(64(58)67-62)46-16-5-2-6-17-46)49-34-28-43(29-35-49)44-30-36-51(37-31-44)66-60-26-9-7-20-56(60)57-21-8-10-27-61(57)66/h1-42H. The summed E-state index contributed by atoms with van der Waals surface area (Å²) in [5.74, 6) is 0. The van der Waals surface area contributed by atoms with Gasteiger partial charge in [-0.15, -0.1) is 11.3 Å². The van der Waals surface area contributed by atoms with E-state index in [1.54, 1.807) is 0 Å². The molecular formula is C64H42N2S. The van der Waals surface area contributed by atoms with E-state index in [1.807, 2.05) is 11.3 Å². The highest BCUT2D eigenvalue weighted by atomic mass is 32.1. The molecule has 13 aromatic rings. The summed E-state index contributed by atoms with van der Waals surface area (Å²) in [5, 5.41) is 7.59. The van der Waals surface area contributed by atoms with Crippen LogP contribution in [0, 0.1) is 0 Å². The summed E-state index contributed by atoms with van der Waals surface area (Å²) in [7, 11) is 0. The second-order valence-electron chi connectivity index (χ2n) is 17.3. The van der Waals surface area contributed by atoms with Gasteiger partial charge in [0.25, 0.3) is 0 Å². The third-order valence-corrected chi connectivity index (χ3v) is 14.6. The van der Waals surface area contributed by atoms with Crippen molar-refractivity contribution in [2.75, 3.05) is 4.90 Å². The largest absolute Gasteiger partial charge is 0.310 e. The minimum atomic E-state index is 1.10. The number of anilines is 3. The third-order valence-electron chi connectivity index (χ3n) is 13.4. The van der Waals surface area contributed by atoms with Gasteiger partial charge in [-0.2, -0.15) is 0 Å². The van der Waals surface area contributed by atoms with Gasteiger partial charge < -0.3 is 9.47 Å². The molecule has 3 heteroatoms. The van der Waals surface area contributed by atoms with Crippen LogP contribution in [-0.4, -0.2) is 4.57 Å². The van der Waals surface area contributed by atoms with E-state index >= 15 is 0 Å². The maximum Gasteiger partial charge on any atom is 0.0541 e. The van der Waals surface area contributed by atoms with Crippen LogP contribution in [0.1, 0.15) is 0 Å². The number of benzene rings is 11. The van der Waals surface area contributed by atoms with Crippen LogP contribution >= 0.6 is 11.3 Å². The van der Waals surface area contributed by atoms with E-state index in [0.29, 0.717) is 0 Å². The van der Waals surface area contributed by atoms with Gasteiger partial charge in [0.05, 0.1) is 11.0 Å². The lowest BCUT2D eigenvalue weighted by atomic mass is 9.91. The van der Waals surface area contributed by atoms with Crippen LogP contribution in [0.5, 0.6) is 0 Å². The summed E-state index contributed by atoms with van der Waals surface area (Å²) in [6.07, 6.45) is 0. The van der Waals surface area contributed by atoms with Crippen LogP contribution < -0.4 is 4.90 Å². The molecule has 0 unspecified atom stereocenters. The van der Waals surface area contributed by atoms with Crippen molar-refractivity contribution in [2.45, 2.75) is 0 Å². The van der Waals surface area contributed by atoms with Crippen molar-refractivity contribution in [2.24, 2.45) is 0 Å². The number of fused-ring (bicyclic) bond motifs is 7. The second kappa shape index (κ2) is 16.2. The molecule has 314 valence electrons. The van der Waals surface area contributed by atoms with Crippen molar-refractivity contribution < 1.29 is 0 Å². The first kappa shape index (κ1) is 38.9. The van der Waals surface area contributed by atoms with Gasteiger partial charge >= 0.3 is 0 Å². The van der Waals surface area contributed by atoms with E-state index in [0.717, 1.165) is 22.7 Å². The monoisotopic (exact) mass is 870 g/mol. The quantitative estimate of drug-likeness (QED) is 0.148. The smallest absolute Gasteiger partial charge is 0.0541 e. The van der Waals surface area contributed by atoms with Gasteiger partial charge in [0.2, 0.25) is 0 Å². The molecule has 2 nitrogen and oxygen atoms in total. The molecule has 0 saturated heterocycles. The molecule has 2 aromatic heterocycles. The topological polar surface area (TPSA) is 8.17 Å². The van der Waals surface area contributed by atoms with Crippen LogP contribution in [0.3, 0.4) is 0 Å². The van der Waals surface area contributed by atoms with Crippen LogP contribution in [-0.2, 0) is 0 Å². The lowest BCUT2D eigenvalue weighted by Gasteiger charge is -2.26. The SMILES string of the molecule is c1ccc(-c2cccc3c2sc2ccc(N(c4ccc(-c5ccc(-n6c7ccccc7c7ccccc76)cc5)cc4)c4ccc(-c5cccc6cccc(-c7ccccc7)c56)cc4)cc23)cc1. The predicted molar refractivity (Wildman–Crippen MR) is 288 cm³/mol. The molecule has 2 heterocycles. The van der Waals surface area contributed by atoms with Crippen LogP contribution in [0.15, 0.2) is 255 Å². The molecule has 0 N–H and O–H groups in total. The van der Waals surface area contributed by atoms with E-state index in [9.17, 15) is 0 Å². The molecule has 0 aliphatic rings. The fourth-order valence-corrected chi connectivity index (χ4v) is 11.5. The Morgan fingerprint density at radius 1 is 0.313 bits per heavy atom. The molecule has 0 saturated carbocycles. The molecule has 0 fully saturated rings. The van der Waals surface area contributed by atoms with E-state index in [4.69, 9.17) is 0 Å². The van der Waals surface area contributed by atoms with Crippen molar-refractivity contribution in [3.63, 3.8) is 0 Å². The minimum Gasteiger partial charge on any atom is -0.310 e. The highest BCUT2D eigenvalue weighted by Gasteiger charge is 2.18. The van der Waals surface area contributed by atoms with Crippen LogP contribution in [0.2, 0.25) is 0 Å². The van der Waals surface area contributed by atoms with E-state index in [1.165, 1.54) is 97.3 Å². The van der Waals surface area contributed by atoms with E-state index < -0.39 is 0 Å². The van der Waals surface area contributed by atoms with Gasteiger partial charge in [0.1, 0.15) is 0 Å². The highest BCUT2D eigenvalue weighted by Crippen LogP contribution is 2.45. The van der Waals surface area contributed by atoms with Gasteiger partial charge in [-0.3, -0.25) is 0 Å². The molecule has 11 aromatic carbocycles. The van der Waals surface area contributed by atoms with Crippen molar-refractivity contribution in [1.29, 1.82) is 0 Å². The molecule has 0 radical (unpaired) electrons. The number of para-hydroxylation sites is 2. The molecule has 0 aliphatic heterocycles. The Morgan fingerprint density at radius 2 is 0.776 bits per heavy atom. The molecule has 0 bridgehead atoms. The summed E-state index contributed by atoms with van der Waals surface area (Å²) < 4.78 is 4.97.